The molecule has 3 aliphatic carbocycles. The SMILES string of the molecule is Cc1nc2cccc(-c3nc(C4CCCCC4)cs3)c2nc1O[C@@H]1C[C@H]2C(=O)C[C@]3(C(=O)NS(=O)(=O)C4(C)CC4)C[C@H]3/C=C\CCCCC[C@H](CC(=O)OC(C)(C)C)C(=O)N2C1. The Bertz CT molecular complexity index is 2360. The van der Waals surface area contributed by atoms with Gasteiger partial charge < -0.3 is 14.4 Å². The fourth-order valence-electron chi connectivity index (χ4n) is 9.59. The summed E-state index contributed by atoms with van der Waals surface area (Å²) in [5.74, 6) is -2.16. The molecule has 3 aromatic rings. The molecule has 0 bridgehead atoms. The number of aryl methyl sites for hydroxylation is 1. The van der Waals surface area contributed by atoms with Crippen LogP contribution < -0.4 is 9.46 Å². The number of nitrogens with zero attached hydrogens (tertiary/aromatic N) is 4. The number of esters is 1. The lowest BCUT2D eigenvalue weighted by Crippen LogP contribution is -2.47. The Morgan fingerprint density at radius 2 is 1.74 bits per heavy atom. The largest absolute Gasteiger partial charge is 0.471 e. The first kappa shape index (κ1) is 44.4. The highest BCUT2D eigenvalue weighted by atomic mass is 32.2. The average molecular weight is 888 g/mol. The number of allylic oxidation sites excluding steroid dienone is 2. The minimum atomic E-state index is -3.96. The van der Waals surface area contributed by atoms with Crippen molar-refractivity contribution in [3.63, 3.8) is 0 Å². The van der Waals surface area contributed by atoms with Gasteiger partial charge in [0.25, 0.3) is 0 Å². The highest BCUT2D eigenvalue weighted by Gasteiger charge is 2.62. The fourth-order valence-corrected chi connectivity index (χ4v) is 11.9. The van der Waals surface area contributed by atoms with E-state index in [1.807, 2.05) is 37.3 Å². The minimum absolute atomic E-state index is 0.0490. The molecule has 13 nitrogen and oxygen atoms in total. The van der Waals surface area contributed by atoms with Gasteiger partial charge in [-0.3, -0.25) is 23.9 Å². The van der Waals surface area contributed by atoms with E-state index in [0.29, 0.717) is 54.7 Å². The number of amides is 2. The number of para-hydroxylation sites is 1. The second kappa shape index (κ2) is 17.4. The maximum absolute atomic E-state index is 14.8. The van der Waals surface area contributed by atoms with E-state index in [9.17, 15) is 27.6 Å². The van der Waals surface area contributed by atoms with Gasteiger partial charge in [-0.05, 0) is 104 Å². The number of hydrogen-bond acceptors (Lipinski definition) is 12. The van der Waals surface area contributed by atoms with Crippen molar-refractivity contribution in [1.29, 1.82) is 0 Å². The highest BCUT2D eigenvalue weighted by molar-refractivity contribution is 7.91. The maximum Gasteiger partial charge on any atom is 0.307 e. The number of hydrogen-bond donors (Lipinski definition) is 1. The third kappa shape index (κ3) is 9.49. The lowest BCUT2D eigenvalue weighted by molar-refractivity contribution is -0.159. The van der Waals surface area contributed by atoms with E-state index < -0.39 is 55.7 Å². The molecule has 2 aromatic heterocycles. The molecule has 8 rings (SSSR count). The Kier molecular flexibility index (Phi) is 12.4. The van der Waals surface area contributed by atoms with Crippen LogP contribution in [0, 0.1) is 24.2 Å². The minimum Gasteiger partial charge on any atom is -0.471 e. The lowest BCUT2D eigenvalue weighted by atomic mass is 9.87. The van der Waals surface area contributed by atoms with Crippen molar-refractivity contribution in [2.45, 2.75) is 166 Å². The number of ketones is 1. The van der Waals surface area contributed by atoms with E-state index in [4.69, 9.17) is 24.4 Å². The fraction of sp³-hybridized carbons (Fsp3) is 0.638. The Labute approximate surface area is 369 Å². The first-order valence-electron chi connectivity index (χ1n) is 22.6. The van der Waals surface area contributed by atoms with E-state index in [2.05, 4.69) is 10.1 Å². The summed E-state index contributed by atoms with van der Waals surface area (Å²) < 4.78 is 40.2. The van der Waals surface area contributed by atoms with Crippen molar-refractivity contribution in [2.24, 2.45) is 17.3 Å². The van der Waals surface area contributed by atoms with Crippen LogP contribution in [0.5, 0.6) is 5.88 Å². The van der Waals surface area contributed by atoms with Gasteiger partial charge in [-0.2, -0.15) is 0 Å². The number of aromatic nitrogens is 3. The molecule has 15 heteroatoms. The molecule has 0 unspecified atom stereocenters. The highest BCUT2D eigenvalue weighted by Crippen LogP contribution is 2.57. The van der Waals surface area contributed by atoms with Gasteiger partial charge in [0.15, 0.2) is 5.78 Å². The number of rotatable bonds is 9. The molecule has 1 aromatic carbocycles. The maximum atomic E-state index is 14.8. The Balaban J connectivity index is 1.09. The van der Waals surface area contributed by atoms with Gasteiger partial charge in [0.2, 0.25) is 27.7 Å². The Morgan fingerprint density at radius 1 is 1.00 bits per heavy atom. The molecular weight excluding hydrogens is 827 g/mol. The second-order valence-electron chi connectivity index (χ2n) is 19.7. The van der Waals surface area contributed by atoms with Crippen LogP contribution in [0.2, 0.25) is 0 Å². The summed E-state index contributed by atoms with van der Waals surface area (Å²) in [5.41, 5.74) is 1.87. The van der Waals surface area contributed by atoms with Crippen LogP contribution in [-0.2, 0) is 33.9 Å². The molecule has 4 fully saturated rings. The van der Waals surface area contributed by atoms with E-state index >= 15 is 0 Å². The van der Waals surface area contributed by atoms with E-state index in [1.165, 1.54) is 24.2 Å². The van der Waals surface area contributed by atoms with Crippen LogP contribution in [0.1, 0.15) is 148 Å². The molecule has 334 valence electrons. The van der Waals surface area contributed by atoms with Gasteiger partial charge >= 0.3 is 5.97 Å². The average Bonchev–Trinajstić information content (AvgIpc) is 3.99. The number of nitrogens with one attached hydrogen (secondary N) is 1. The van der Waals surface area contributed by atoms with Crippen molar-refractivity contribution in [1.82, 2.24) is 24.6 Å². The summed E-state index contributed by atoms with van der Waals surface area (Å²) in [6, 6.07) is 4.88. The zero-order valence-corrected chi connectivity index (χ0v) is 38.4. The van der Waals surface area contributed by atoms with E-state index in [-0.39, 0.29) is 49.3 Å². The zero-order valence-electron chi connectivity index (χ0n) is 36.7. The molecule has 4 heterocycles. The van der Waals surface area contributed by atoms with E-state index in [0.717, 1.165) is 48.4 Å². The molecule has 0 spiro atoms. The summed E-state index contributed by atoms with van der Waals surface area (Å²) >= 11 is 1.60. The number of benzene rings is 1. The number of carbonyl (C=O) groups excluding carboxylic acids is 4. The van der Waals surface area contributed by atoms with Crippen molar-refractivity contribution in [3.8, 4) is 16.5 Å². The quantitative estimate of drug-likeness (QED) is 0.162. The van der Waals surface area contributed by atoms with Gasteiger partial charge in [0.05, 0.1) is 40.4 Å². The topological polar surface area (TPSA) is 175 Å². The second-order valence-corrected chi connectivity index (χ2v) is 22.8. The zero-order chi connectivity index (χ0) is 44.0. The Hall–Kier alpha value is -4.24. The summed E-state index contributed by atoms with van der Waals surface area (Å²) in [6.07, 6.45) is 13.8. The van der Waals surface area contributed by atoms with Crippen LogP contribution in [0.4, 0.5) is 0 Å². The first-order valence-corrected chi connectivity index (χ1v) is 25.0. The number of ether oxygens (including phenoxy) is 2. The van der Waals surface area contributed by atoms with Crippen LogP contribution in [0.15, 0.2) is 35.7 Å². The lowest BCUT2D eigenvalue weighted by Gasteiger charge is -2.29. The monoisotopic (exact) mass is 887 g/mol. The first-order chi connectivity index (χ1) is 29.4. The summed E-state index contributed by atoms with van der Waals surface area (Å²) in [7, 11) is -3.96. The van der Waals surface area contributed by atoms with Crippen molar-refractivity contribution in [3.05, 3.63) is 47.1 Å². The molecule has 2 amide bonds. The molecule has 0 radical (unpaired) electrons. The standard InChI is InChI=1S/C47H61N5O8S2/c1-29-41(50-40-34(19-14-20-35(40)48-29)42-49-36(28-61-42)30-15-11-9-12-16-30)59-33-24-37-38(53)26-47(44(56)51-62(57,58)46(5)21-22-46)25-32(47)18-13-8-6-7-10-17-31(43(55)52(37)27-33)23-39(54)60-45(2,3)4/h13-14,18-20,28,30-33,37H,6-12,15-17,21-27H2,1-5H3,(H,51,56)/b18-13-/t31-,32-,33-,37+,47-/m1/s1. The number of Topliss-reactive ketones (excluding diaryl/α,β-unsaturated/α-hetero) is 1. The molecule has 62 heavy (non-hydrogen) atoms. The third-order valence-corrected chi connectivity index (χ3v) is 16.7. The van der Waals surface area contributed by atoms with Gasteiger partial charge in [-0.15, -0.1) is 11.3 Å². The molecule has 3 saturated carbocycles. The molecule has 2 aliphatic heterocycles. The number of carbonyl (C=O) groups is 4. The number of sulfonamides is 1. The summed E-state index contributed by atoms with van der Waals surface area (Å²) in [4.78, 5) is 73.4. The van der Waals surface area contributed by atoms with Gasteiger partial charge in [0, 0.05) is 35.6 Å². The predicted molar refractivity (Wildman–Crippen MR) is 237 cm³/mol. The van der Waals surface area contributed by atoms with Crippen LogP contribution >= 0.6 is 11.3 Å². The molecule has 5 aliphatic rings. The number of thiazole rings is 1. The predicted octanol–water partition coefficient (Wildman–Crippen LogP) is 8.29. The van der Waals surface area contributed by atoms with Gasteiger partial charge in [0.1, 0.15) is 27.9 Å². The normalized spacial score (nSPS) is 27.7. The molecule has 5 atom stereocenters. The van der Waals surface area contributed by atoms with Crippen LogP contribution in [-0.4, -0.2) is 80.9 Å². The van der Waals surface area contributed by atoms with Gasteiger partial charge in [-0.1, -0.05) is 50.3 Å². The molecule has 1 N–H and O–H groups in total. The smallest absolute Gasteiger partial charge is 0.307 e. The molecular formula is C47H61N5O8S2. The Morgan fingerprint density at radius 3 is 2.48 bits per heavy atom. The van der Waals surface area contributed by atoms with E-state index in [1.54, 1.807) is 39.0 Å². The number of fused-ring (bicyclic) bond motifs is 3. The van der Waals surface area contributed by atoms with Crippen molar-refractivity contribution < 1.29 is 37.1 Å². The summed E-state index contributed by atoms with van der Waals surface area (Å²) in [6.45, 7) is 8.85. The van der Waals surface area contributed by atoms with Crippen LogP contribution in [0.3, 0.4) is 0 Å². The summed E-state index contributed by atoms with van der Waals surface area (Å²) in [5, 5.41) is 3.02. The van der Waals surface area contributed by atoms with Crippen molar-refractivity contribution in [2.75, 3.05) is 6.54 Å². The van der Waals surface area contributed by atoms with Crippen LogP contribution in [0.25, 0.3) is 21.6 Å². The van der Waals surface area contributed by atoms with Gasteiger partial charge in [-0.25, -0.2) is 23.4 Å². The molecule has 1 saturated heterocycles. The van der Waals surface area contributed by atoms with Crippen molar-refractivity contribution >= 4 is 56.0 Å². The third-order valence-electron chi connectivity index (χ3n) is 13.7.